The molecule has 1 aromatic rings. The zero-order valence-electron chi connectivity index (χ0n) is 8.77. The number of benzene rings is 1. The highest BCUT2D eigenvalue weighted by atomic mass is 16.6. The van der Waals surface area contributed by atoms with Gasteiger partial charge in [0.1, 0.15) is 0 Å². The number of carbonyl (C=O) groups is 2. The fourth-order valence-electron chi connectivity index (χ4n) is 0.727. The molecule has 4 heteroatoms. The number of carboxylic acids is 1. The van der Waals surface area contributed by atoms with Crippen LogP contribution in [0.5, 0.6) is 0 Å². The van der Waals surface area contributed by atoms with E-state index in [1.807, 2.05) is 18.2 Å². The summed E-state index contributed by atoms with van der Waals surface area (Å²) in [5.74, 6) is -2.75. The van der Waals surface area contributed by atoms with Crippen molar-refractivity contribution in [2.24, 2.45) is 0 Å². The number of hydrogen-bond donors (Lipinski definition) is 1. The Kier molecular flexibility index (Phi) is 6.63. The maximum atomic E-state index is 9.92. The van der Waals surface area contributed by atoms with Crippen molar-refractivity contribution in [1.29, 1.82) is 0 Å². The number of hydrogen-bond acceptors (Lipinski definition) is 3. The van der Waals surface area contributed by atoms with E-state index < -0.39 is 11.9 Å². The Morgan fingerprint density at radius 3 is 2.00 bits per heavy atom. The maximum absolute atomic E-state index is 9.92. The summed E-state index contributed by atoms with van der Waals surface area (Å²) < 4.78 is 4.06. The van der Waals surface area contributed by atoms with Crippen LogP contribution in [0.2, 0.25) is 0 Å². The molecule has 4 nitrogen and oxygen atoms in total. The van der Waals surface area contributed by atoms with Crippen LogP contribution in [0.25, 0.3) is 0 Å². The molecule has 0 heterocycles. The van der Waals surface area contributed by atoms with Crippen molar-refractivity contribution >= 4 is 11.9 Å². The zero-order valence-corrected chi connectivity index (χ0v) is 8.77. The number of ether oxygens (including phenoxy) is 1. The van der Waals surface area contributed by atoms with Crippen molar-refractivity contribution in [3.8, 4) is 0 Å². The SMILES string of the molecule is CCOC(=O)C(=O)O.Cc1ccccc1. The molecule has 15 heavy (non-hydrogen) atoms. The van der Waals surface area contributed by atoms with Crippen LogP contribution in [0, 0.1) is 6.92 Å². The van der Waals surface area contributed by atoms with Crippen molar-refractivity contribution in [2.45, 2.75) is 13.8 Å². The highest BCUT2D eigenvalue weighted by molar-refractivity contribution is 6.28. The lowest BCUT2D eigenvalue weighted by Crippen LogP contribution is -2.15. The Labute approximate surface area is 88.5 Å². The molecule has 0 aliphatic carbocycles. The van der Waals surface area contributed by atoms with Crippen LogP contribution in [-0.4, -0.2) is 23.7 Å². The van der Waals surface area contributed by atoms with Crippen molar-refractivity contribution in [3.63, 3.8) is 0 Å². The number of aryl methyl sites for hydroxylation is 1. The topological polar surface area (TPSA) is 63.6 Å². The van der Waals surface area contributed by atoms with Gasteiger partial charge in [-0.05, 0) is 13.8 Å². The summed E-state index contributed by atoms with van der Waals surface area (Å²) in [6.45, 7) is 3.73. The van der Waals surface area contributed by atoms with Crippen LogP contribution < -0.4 is 0 Å². The van der Waals surface area contributed by atoms with Gasteiger partial charge in [0.25, 0.3) is 0 Å². The Bertz CT molecular complexity index is 306. The van der Waals surface area contributed by atoms with Crippen LogP contribution in [0.3, 0.4) is 0 Å². The number of carboxylic acid groups (broad SMARTS) is 1. The maximum Gasteiger partial charge on any atom is 0.417 e. The largest absolute Gasteiger partial charge is 0.473 e. The molecule has 1 rings (SSSR count). The second-order valence-corrected chi connectivity index (χ2v) is 2.68. The Morgan fingerprint density at radius 2 is 1.80 bits per heavy atom. The van der Waals surface area contributed by atoms with E-state index >= 15 is 0 Å². The van der Waals surface area contributed by atoms with E-state index in [1.54, 1.807) is 6.92 Å². The van der Waals surface area contributed by atoms with Crippen molar-refractivity contribution < 1.29 is 19.4 Å². The summed E-state index contributed by atoms with van der Waals surface area (Å²) in [7, 11) is 0. The van der Waals surface area contributed by atoms with Gasteiger partial charge < -0.3 is 9.84 Å². The van der Waals surface area contributed by atoms with E-state index in [2.05, 4.69) is 23.8 Å². The molecule has 0 aliphatic heterocycles. The quantitative estimate of drug-likeness (QED) is 0.565. The Hall–Kier alpha value is -1.84. The van der Waals surface area contributed by atoms with Crippen molar-refractivity contribution in [3.05, 3.63) is 35.9 Å². The van der Waals surface area contributed by atoms with E-state index in [0.717, 1.165) is 0 Å². The molecule has 0 atom stereocenters. The van der Waals surface area contributed by atoms with E-state index in [1.165, 1.54) is 5.56 Å². The number of carbonyl (C=O) groups excluding carboxylic acids is 1. The minimum Gasteiger partial charge on any atom is -0.473 e. The third-order valence-corrected chi connectivity index (χ3v) is 1.39. The molecule has 0 saturated carbocycles. The average Bonchev–Trinajstić information content (AvgIpc) is 2.20. The van der Waals surface area contributed by atoms with Crippen LogP contribution in [0.4, 0.5) is 0 Å². The summed E-state index contributed by atoms with van der Waals surface area (Å²) in [6.07, 6.45) is 0. The fourth-order valence-corrected chi connectivity index (χ4v) is 0.727. The molecule has 0 amide bonds. The third-order valence-electron chi connectivity index (χ3n) is 1.39. The number of esters is 1. The Balaban J connectivity index is 0.000000262. The van der Waals surface area contributed by atoms with Gasteiger partial charge in [-0.2, -0.15) is 0 Å². The standard InChI is InChI=1S/C7H8.C4H6O4/c1-7-5-3-2-4-6-7;1-2-8-4(7)3(5)6/h2-6H,1H3;2H2,1H3,(H,5,6). The molecule has 0 bridgehead atoms. The third kappa shape index (κ3) is 7.25. The molecule has 0 unspecified atom stereocenters. The summed E-state index contributed by atoms with van der Waals surface area (Å²) in [6, 6.07) is 10.3. The lowest BCUT2D eigenvalue weighted by atomic mass is 10.2. The monoisotopic (exact) mass is 210 g/mol. The van der Waals surface area contributed by atoms with E-state index in [9.17, 15) is 9.59 Å². The van der Waals surface area contributed by atoms with Gasteiger partial charge in [0.15, 0.2) is 0 Å². The van der Waals surface area contributed by atoms with E-state index in [-0.39, 0.29) is 6.61 Å². The predicted molar refractivity (Wildman–Crippen MR) is 55.4 cm³/mol. The Morgan fingerprint density at radius 1 is 1.27 bits per heavy atom. The first kappa shape index (κ1) is 13.2. The van der Waals surface area contributed by atoms with Gasteiger partial charge in [0, 0.05) is 0 Å². The van der Waals surface area contributed by atoms with Gasteiger partial charge in [-0.25, -0.2) is 9.59 Å². The van der Waals surface area contributed by atoms with Crippen LogP contribution in [-0.2, 0) is 14.3 Å². The van der Waals surface area contributed by atoms with Gasteiger partial charge in [0.05, 0.1) is 6.61 Å². The molecule has 1 N–H and O–H groups in total. The van der Waals surface area contributed by atoms with Gasteiger partial charge in [0.2, 0.25) is 0 Å². The fraction of sp³-hybridized carbons (Fsp3) is 0.273. The number of aliphatic carboxylic acids is 1. The minimum atomic E-state index is -1.55. The van der Waals surface area contributed by atoms with Crippen molar-refractivity contribution in [2.75, 3.05) is 6.61 Å². The first-order chi connectivity index (χ1) is 7.07. The molecule has 0 spiro atoms. The summed E-state index contributed by atoms with van der Waals surface area (Å²) >= 11 is 0. The predicted octanol–water partition coefficient (Wildman–Crippen LogP) is 1.63. The van der Waals surface area contributed by atoms with Crippen molar-refractivity contribution in [1.82, 2.24) is 0 Å². The van der Waals surface area contributed by atoms with Gasteiger partial charge in [-0.15, -0.1) is 0 Å². The molecule has 0 fully saturated rings. The summed E-state index contributed by atoms with van der Waals surface area (Å²) in [5.41, 5.74) is 1.32. The smallest absolute Gasteiger partial charge is 0.417 e. The van der Waals surface area contributed by atoms with Crippen LogP contribution in [0.15, 0.2) is 30.3 Å². The van der Waals surface area contributed by atoms with Gasteiger partial charge >= 0.3 is 11.9 Å². The molecular formula is C11H14O4. The lowest BCUT2D eigenvalue weighted by molar-refractivity contribution is -0.163. The molecule has 0 saturated heterocycles. The molecule has 1 aromatic carbocycles. The first-order valence-electron chi connectivity index (χ1n) is 4.49. The number of rotatable bonds is 1. The molecule has 0 radical (unpaired) electrons. The highest BCUT2D eigenvalue weighted by Crippen LogP contribution is 1.92. The molecule has 0 aromatic heterocycles. The highest BCUT2D eigenvalue weighted by Gasteiger charge is 2.09. The summed E-state index contributed by atoms with van der Waals surface area (Å²) in [4.78, 5) is 19.5. The second kappa shape index (κ2) is 7.55. The average molecular weight is 210 g/mol. The van der Waals surface area contributed by atoms with E-state index in [0.29, 0.717) is 0 Å². The van der Waals surface area contributed by atoms with E-state index in [4.69, 9.17) is 5.11 Å². The zero-order chi connectivity index (χ0) is 11.7. The second-order valence-electron chi connectivity index (χ2n) is 2.68. The molecule has 82 valence electrons. The summed E-state index contributed by atoms with van der Waals surface area (Å²) in [5, 5.41) is 7.84. The lowest BCUT2D eigenvalue weighted by Gasteiger charge is -1.91. The van der Waals surface area contributed by atoms with Crippen LogP contribution >= 0.6 is 0 Å². The minimum absolute atomic E-state index is 0.102. The van der Waals surface area contributed by atoms with Crippen LogP contribution in [0.1, 0.15) is 12.5 Å². The molecule has 0 aliphatic rings. The van der Waals surface area contributed by atoms with Gasteiger partial charge in [-0.3, -0.25) is 0 Å². The normalized spacial score (nSPS) is 8.40. The first-order valence-corrected chi connectivity index (χ1v) is 4.49. The van der Waals surface area contributed by atoms with Gasteiger partial charge in [-0.1, -0.05) is 35.9 Å². The molecular weight excluding hydrogens is 196 g/mol.